The van der Waals surface area contributed by atoms with E-state index >= 15 is 0 Å². The molecule has 0 saturated carbocycles. The van der Waals surface area contributed by atoms with E-state index in [9.17, 15) is 4.79 Å². The standard InChI is InChI=1S/C11H17BrN4O/c1-4-16(7-10(17)15-8(2)3)11-13-5-9(12)6-14-11/h5-6,8H,4,7H2,1-3H3,(H,15,17). The Morgan fingerprint density at radius 1 is 1.47 bits per heavy atom. The van der Waals surface area contributed by atoms with Gasteiger partial charge in [-0.25, -0.2) is 9.97 Å². The fourth-order valence-corrected chi connectivity index (χ4v) is 1.54. The molecule has 1 rings (SSSR count). The average Bonchev–Trinajstić information content (AvgIpc) is 2.26. The third kappa shape index (κ3) is 4.68. The van der Waals surface area contributed by atoms with Crippen molar-refractivity contribution in [2.24, 2.45) is 0 Å². The maximum atomic E-state index is 11.6. The van der Waals surface area contributed by atoms with Gasteiger partial charge in [0.25, 0.3) is 0 Å². The lowest BCUT2D eigenvalue weighted by atomic mass is 10.4. The largest absolute Gasteiger partial charge is 0.352 e. The molecule has 1 amide bonds. The molecule has 1 aromatic rings. The van der Waals surface area contributed by atoms with Crippen LogP contribution in [0, 0.1) is 0 Å². The Morgan fingerprint density at radius 2 is 2.06 bits per heavy atom. The summed E-state index contributed by atoms with van der Waals surface area (Å²) >= 11 is 3.28. The highest BCUT2D eigenvalue weighted by atomic mass is 79.9. The van der Waals surface area contributed by atoms with E-state index in [2.05, 4.69) is 31.2 Å². The quantitative estimate of drug-likeness (QED) is 0.897. The first kappa shape index (κ1) is 13.9. The van der Waals surface area contributed by atoms with E-state index in [1.807, 2.05) is 25.7 Å². The summed E-state index contributed by atoms with van der Waals surface area (Å²) in [6.45, 7) is 6.80. The number of anilines is 1. The molecule has 0 aromatic carbocycles. The lowest BCUT2D eigenvalue weighted by Gasteiger charge is -2.20. The molecule has 0 atom stereocenters. The minimum atomic E-state index is -0.0200. The van der Waals surface area contributed by atoms with E-state index < -0.39 is 0 Å². The maximum absolute atomic E-state index is 11.6. The van der Waals surface area contributed by atoms with Crippen LogP contribution in [0.3, 0.4) is 0 Å². The normalized spacial score (nSPS) is 10.4. The van der Waals surface area contributed by atoms with Gasteiger partial charge in [-0.3, -0.25) is 4.79 Å². The number of amides is 1. The second-order valence-corrected chi connectivity index (χ2v) is 4.85. The van der Waals surface area contributed by atoms with Crippen molar-refractivity contribution < 1.29 is 4.79 Å². The van der Waals surface area contributed by atoms with Gasteiger partial charge < -0.3 is 10.2 Å². The summed E-state index contributed by atoms with van der Waals surface area (Å²) in [5.41, 5.74) is 0. The Labute approximate surface area is 110 Å². The Kier molecular flexibility index (Phi) is 5.34. The second kappa shape index (κ2) is 6.54. The predicted octanol–water partition coefficient (Wildman–Crippen LogP) is 1.59. The summed E-state index contributed by atoms with van der Waals surface area (Å²) < 4.78 is 0.823. The summed E-state index contributed by atoms with van der Waals surface area (Å²) in [6.07, 6.45) is 3.34. The van der Waals surface area contributed by atoms with Crippen molar-refractivity contribution in [2.75, 3.05) is 18.0 Å². The van der Waals surface area contributed by atoms with Crippen LogP contribution in [0.25, 0.3) is 0 Å². The first-order valence-corrected chi connectivity index (χ1v) is 6.34. The fraction of sp³-hybridized carbons (Fsp3) is 0.545. The number of hydrogen-bond donors (Lipinski definition) is 1. The summed E-state index contributed by atoms with van der Waals surface area (Å²) in [4.78, 5) is 21.8. The van der Waals surface area contributed by atoms with E-state index in [0.717, 1.165) is 4.47 Å². The summed E-state index contributed by atoms with van der Waals surface area (Å²) in [5.74, 6) is 0.544. The van der Waals surface area contributed by atoms with E-state index in [0.29, 0.717) is 12.5 Å². The number of hydrogen-bond acceptors (Lipinski definition) is 4. The SMILES string of the molecule is CCN(CC(=O)NC(C)C)c1ncc(Br)cn1. The number of carbonyl (C=O) groups excluding carboxylic acids is 1. The molecule has 0 unspecified atom stereocenters. The zero-order valence-corrected chi connectivity index (χ0v) is 11.9. The van der Waals surface area contributed by atoms with Crippen LogP contribution in [0.4, 0.5) is 5.95 Å². The monoisotopic (exact) mass is 300 g/mol. The number of nitrogens with zero attached hydrogens (tertiary/aromatic N) is 3. The Hall–Kier alpha value is -1.17. The molecule has 1 N–H and O–H groups in total. The van der Waals surface area contributed by atoms with Crippen molar-refractivity contribution in [1.82, 2.24) is 15.3 Å². The molecule has 6 heteroatoms. The highest BCUT2D eigenvalue weighted by Gasteiger charge is 2.12. The minimum Gasteiger partial charge on any atom is -0.352 e. The van der Waals surface area contributed by atoms with Crippen molar-refractivity contribution in [3.8, 4) is 0 Å². The number of rotatable bonds is 5. The first-order valence-electron chi connectivity index (χ1n) is 5.54. The molecule has 0 spiro atoms. The van der Waals surface area contributed by atoms with Crippen LogP contribution in [0.2, 0.25) is 0 Å². The smallest absolute Gasteiger partial charge is 0.239 e. The van der Waals surface area contributed by atoms with Gasteiger partial charge >= 0.3 is 0 Å². The Morgan fingerprint density at radius 3 is 2.53 bits per heavy atom. The van der Waals surface area contributed by atoms with Gasteiger partial charge in [-0.2, -0.15) is 0 Å². The summed E-state index contributed by atoms with van der Waals surface area (Å²) in [6, 6.07) is 0.145. The third-order valence-electron chi connectivity index (χ3n) is 2.06. The molecular formula is C11H17BrN4O. The molecule has 0 aliphatic rings. The molecule has 0 bridgehead atoms. The molecule has 0 aliphatic carbocycles. The number of halogens is 1. The van der Waals surface area contributed by atoms with Crippen LogP contribution in [0.1, 0.15) is 20.8 Å². The van der Waals surface area contributed by atoms with Crippen molar-refractivity contribution >= 4 is 27.8 Å². The molecule has 0 saturated heterocycles. The number of likely N-dealkylation sites (N-methyl/N-ethyl adjacent to an activating group) is 1. The molecule has 0 fully saturated rings. The van der Waals surface area contributed by atoms with Crippen LogP contribution in [-0.4, -0.2) is 35.0 Å². The topological polar surface area (TPSA) is 58.1 Å². The van der Waals surface area contributed by atoms with E-state index in [-0.39, 0.29) is 18.5 Å². The molecule has 0 radical (unpaired) electrons. The summed E-state index contributed by atoms with van der Waals surface area (Å²) in [7, 11) is 0. The zero-order chi connectivity index (χ0) is 12.8. The fourth-order valence-electron chi connectivity index (χ4n) is 1.33. The van der Waals surface area contributed by atoms with Crippen molar-refractivity contribution in [2.45, 2.75) is 26.8 Å². The molecular weight excluding hydrogens is 284 g/mol. The minimum absolute atomic E-state index is 0.0200. The van der Waals surface area contributed by atoms with E-state index in [1.165, 1.54) is 0 Å². The van der Waals surface area contributed by atoms with E-state index in [1.54, 1.807) is 12.4 Å². The second-order valence-electron chi connectivity index (χ2n) is 3.94. The van der Waals surface area contributed by atoms with Crippen LogP contribution in [-0.2, 0) is 4.79 Å². The van der Waals surface area contributed by atoms with Gasteiger partial charge in [0.2, 0.25) is 11.9 Å². The van der Waals surface area contributed by atoms with Gasteiger partial charge in [0.15, 0.2) is 0 Å². The van der Waals surface area contributed by atoms with Crippen molar-refractivity contribution in [1.29, 1.82) is 0 Å². The van der Waals surface area contributed by atoms with Gasteiger partial charge in [0.05, 0.1) is 11.0 Å². The maximum Gasteiger partial charge on any atom is 0.239 e. The number of carbonyl (C=O) groups is 1. The molecule has 1 aromatic heterocycles. The molecule has 1 heterocycles. The zero-order valence-electron chi connectivity index (χ0n) is 10.3. The van der Waals surface area contributed by atoms with E-state index in [4.69, 9.17) is 0 Å². The third-order valence-corrected chi connectivity index (χ3v) is 2.46. The predicted molar refractivity (Wildman–Crippen MR) is 70.9 cm³/mol. The van der Waals surface area contributed by atoms with Crippen LogP contribution in [0.15, 0.2) is 16.9 Å². The molecule has 17 heavy (non-hydrogen) atoms. The molecule has 0 aliphatic heterocycles. The summed E-state index contributed by atoms with van der Waals surface area (Å²) in [5, 5.41) is 2.84. The lowest BCUT2D eigenvalue weighted by Crippen LogP contribution is -2.40. The molecule has 5 nitrogen and oxygen atoms in total. The van der Waals surface area contributed by atoms with Gasteiger partial charge in [-0.15, -0.1) is 0 Å². The highest BCUT2D eigenvalue weighted by Crippen LogP contribution is 2.10. The first-order chi connectivity index (χ1) is 8.02. The van der Waals surface area contributed by atoms with Crippen LogP contribution >= 0.6 is 15.9 Å². The number of nitrogens with one attached hydrogen (secondary N) is 1. The van der Waals surface area contributed by atoms with Gasteiger partial charge in [0, 0.05) is 25.0 Å². The lowest BCUT2D eigenvalue weighted by molar-refractivity contribution is -0.120. The van der Waals surface area contributed by atoms with Crippen molar-refractivity contribution in [3.63, 3.8) is 0 Å². The Bertz CT molecular complexity index is 366. The van der Waals surface area contributed by atoms with Crippen LogP contribution in [0.5, 0.6) is 0 Å². The van der Waals surface area contributed by atoms with Gasteiger partial charge in [-0.1, -0.05) is 0 Å². The van der Waals surface area contributed by atoms with Gasteiger partial charge in [-0.05, 0) is 36.7 Å². The molecule has 94 valence electrons. The Balaban J connectivity index is 2.65. The highest BCUT2D eigenvalue weighted by molar-refractivity contribution is 9.10. The average molecular weight is 301 g/mol. The number of aromatic nitrogens is 2. The van der Waals surface area contributed by atoms with Crippen LogP contribution < -0.4 is 10.2 Å². The van der Waals surface area contributed by atoms with Crippen molar-refractivity contribution in [3.05, 3.63) is 16.9 Å². The van der Waals surface area contributed by atoms with Gasteiger partial charge in [0.1, 0.15) is 0 Å².